The predicted octanol–water partition coefficient (Wildman–Crippen LogP) is 5.17. The first kappa shape index (κ1) is 25.3. The lowest BCUT2D eigenvalue weighted by Crippen LogP contribution is -2.40. The number of fused-ring (bicyclic) bond motifs is 1. The van der Waals surface area contributed by atoms with Crippen molar-refractivity contribution < 1.29 is 14.3 Å². The Balaban J connectivity index is 1.23. The summed E-state index contributed by atoms with van der Waals surface area (Å²) in [6.07, 6.45) is 5.48. The highest BCUT2D eigenvalue weighted by molar-refractivity contribution is 6.04. The van der Waals surface area contributed by atoms with Crippen LogP contribution in [0.2, 0.25) is 0 Å². The maximum atomic E-state index is 12.8. The Kier molecular flexibility index (Phi) is 6.95. The van der Waals surface area contributed by atoms with Crippen LogP contribution in [0, 0.1) is 6.92 Å². The van der Waals surface area contributed by atoms with E-state index in [2.05, 4.69) is 15.6 Å². The van der Waals surface area contributed by atoms with Gasteiger partial charge in [-0.2, -0.15) is 0 Å². The lowest BCUT2D eigenvalue weighted by Gasteiger charge is -2.26. The average molecular weight is 533 g/mol. The smallest absolute Gasteiger partial charge is 0.255 e. The Morgan fingerprint density at radius 3 is 2.42 bits per heavy atom. The van der Waals surface area contributed by atoms with Crippen molar-refractivity contribution in [3.8, 4) is 11.3 Å². The largest absolute Gasteiger partial charge is 0.378 e. The molecular formula is C31H28N6O3. The number of nitrogens with one attached hydrogen (secondary N) is 2. The van der Waals surface area contributed by atoms with Crippen molar-refractivity contribution in [2.24, 2.45) is 0 Å². The molecule has 1 aliphatic heterocycles. The van der Waals surface area contributed by atoms with Crippen LogP contribution in [0.5, 0.6) is 0 Å². The van der Waals surface area contributed by atoms with Crippen LogP contribution in [0.4, 0.5) is 17.2 Å². The van der Waals surface area contributed by atoms with Crippen LogP contribution in [0.1, 0.15) is 26.3 Å². The van der Waals surface area contributed by atoms with Gasteiger partial charge in [-0.25, -0.2) is 9.97 Å². The molecule has 3 aromatic carbocycles. The van der Waals surface area contributed by atoms with E-state index < -0.39 is 0 Å². The standard InChI is InChI=1S/C31H28N6O3/c1-21-5-7-22(8-6-21)30(38)34-26-4-2-3-24(19-26)27-20-37-14-13-32-29(37)28(35-27)33-25-11-9-23(10-12-25)31(39)36-15-17-40-18-16-36/h2-14,19-20H,15-18H2,1H3,(H,33,35)(H,34,38). The van der Waals surface area contributed by atoms with Gasteiger partial charge < -0.3 is 24.7 Å². The van der Waals surface area contributed by atoms with Gasteiger partial charge >= 0.3 is 0 Å². The van der Waals surface area contributed by atoms with Gasteiger partial charge in [-0.15, -0.1) is 0 Å². The van der Waals surface area contributed by atoms with Crippen LogP contribution < -0.4 is 10.6 Å². The molecule has 0 aliphatic carbocycles. The molecule has 200 valence electrons. The summed E-state index contributed by atoms with van der Waals surface area (Å²) in [5.74, 6) is 0.400. The molecule has 5 aromatic rings. The van der Waals surface area contributed by atoms with Crippen LogP contribution in [0.25, 0.3) is 16.9 Å². The number of anilines is 3. The van der Waals surface area contributed by atoms with E-state index in [-0.39, 0.29) is 11.8 Å². The Labute approximate surface area is 231 Å². The molecule has 0 saturated carbocycles. The van der Waals surface area contributed by atoms with E-state index in [4.69, 9.17) is 9.72 Å². The van der Waals surface area contributed by atoms with Gasteiger partial charge in [0.2, 0.25) is 0 Å². The minimum atomic E-state index is -0.173. The highest BCUT2D eigenvalue weighted by Gasteiger charge is 2.18. The van der Waals surface area contributed by atoms with Crippen LogP contribution >= 0.6 is 0 Å². The third-order valence-electron chi connectivity index (χ3n) is 6.80. The Morgan fingerprint density at radius 2 is 1.65 bits per heavy atom. The summed E-state index contributed by atoms with van der Waals surface area (Å²) < 4.78 is 7.25. The summed E-state index contributed by atoms with van der Waals surface area (Å²) in [6, 6.07) is 22.4. The number of amides is 2. The monoisotopic (exact) mass is 532 g/mol. The molecule has 9 nitrogen and oxygen atoms in total. The van der Waals surface area contributed by atoms with Crippen molar-refractivity contribution in [2.75, 3.05) is 36.9 Å². The second-order valence-corrected chi connectivity index (χ2v) is 9.64. The highest BCUT2D eigenvalue weighted by Crippen LogP contribution is 2.27. The van der Waals surface area contributed by atoms with Crippen LogP contribution in [0.15, 0.2) is 91.4 Å². The molecule has 0 bridgehead atoms. The number of hydrogen-bond donors (Lipinski definition) is 2. The number of rotatable bonds is 6. The molecule has 9 heteroatoms. The Bertz CT molecular complexity index is 1670. The Hall–Kier alpha value is -5.02. The lowest BCUT2D eigenvalue weighted by molar-refractivity contribution is 0.0303. The molecule has 1 saturated heterocycles. The summed E-state index contributed by atoms with van der Waals surface area (Å²) in [7, 11) is 0. The second kappa shape index (κ2) is 11.0. The van der Waals surface area contributed by atoms with Crippen LogP contribution in [-0.2, 0) is 4.74 Å². The predicted molar refractivity (Wildman–Crippen MR) is 154 cm³/mol. The molecule has 2 aromatic heterocycles. The normalized spacial score (nSPS) is 13.3. The number of nitrogens with zero attached hydrogens (tertiary/aromatic N) is 4. The fraction of sp³-hybridized carbons (Fsp3) is 0.161. The van der Waals surface area contributed by atoms with E-state index >= 15 is 0 Å². The molecule has 2 amide bonds. The van der Waals surface area contributed by atoms with E-state index in [0.29, 0.717) is 60.3 Å². The number of carbonyl (C=O) groups excluding carboxylic acids is 2. The number of benzene rings is 3. The molecule has 0 spiro atoms. The minimum absolute atomic E-state index is 0.0000272. The van der Waals surface area contributed by atoms with Crippen molar-refractivity contribution >= 4 is 34.7 Å². The Morgan fingerprint density at radius 1 is 0.900 bits per heavy atom. The molecular weight excluding hydrogens is 504 g/mol. The lowest BCUT2D eigenvalue weighted by atomic mass is 10.1. The summed E-state index contributed by atoms with van der Waals surface area (Å²) >= 11 is 0. The second-order valence-electron chi connectivity index (χ2n) is 9.64. The maximum absolute atomic E-state index is 12.8. The van der Waals surface area contributed by atoms with E-state index in [1.807, 2.05) is 101 Å². The molecule has 0 radical (unpaired) electrons. The van der Waals surface area contributed by atoms with E-state index in [9.17, 15) is 9.59 Å². The number of carbonyl (C=O) groups is 2. The zero-order chi connectivity index (χ0) is 27.5. The van der Waals surface area contributed by atoms with Crippen molar-refractivity contribution in [2.45, 2.75) is 6.92 Å². The van der Waals surface area contributed by atoms with Gasteiger partial charge in [-0.1, -0.05) is 29.8 Å². The van der Waals surface area contributed by atoms with E-state index in [0.717, 1.165) is 16.8 Å². The molecule has 1 fully saturated rings. The first-order valence-corrected chi connectivity index (χ1v) is 13.1. The molecule has 0 atom stereocenters. The van der Waals surface area contributed by atoms with Crippen molar-refractivity contribution in [3.63, 3.8) is 0 Å². The molecule has 1 aliphatic rings. The maximum Gasteiger partial charge on any atom is 0.255 e. The number of hydrogen-bond acceptors (Lipinski definition) is 6. The number of aryl methyl sites for hydroxylation is 1. The van der Waals surface area contributed by atoms with Crippen molar-refractivity contribution in [1.82, 2.24) is 19.3 Å². The molecule has 6 rings (SSSR count). The SMILES string of the molecule is Cc1ccc(C(=O)Nc2cccc(-c3cn4ccnc4c(Nc4ccc(C(=O)N5CCOCC5)cc4)n3)c2)cc1. The fourth-order valence-corrected chi connectivity index (χ4v) is 4.60. The van der Waals surface area contributed by atoms with Gasteiger partial charge in [0.25, 0.3) is 11.8 Å². The fourth-order valence-electron chi connectivity index (χ4n) is 4.60. The summed E-state index contributed by atoms with van der Waals surface area (Å²) in [5, 5.41) is 6.33. The van der Waals surface area contributed by atoms with Crippen molar-refractivity contribution in [3.05, 3.63) is 108 Å². The zero-order valence-electron chi connectivity index (χ0n) is 22.0. The van der Waals surface area contributed by atoms with Crippen LogP contribution in [-0.4, -0.2) is 57.4 Å². The average Bonchev–Trinajstić information content (AvgIpc) is 3.47. The molecule has 40 heavy (non-hydrogen) atoms. The number of imidazole rings is 1. The van der Waals surface area contributed by atoms with Gasteiger partial charge in [0.05, 0.1) is 18.9 Å². The zero-order valence-corrected chi connectivity index (χ0v) is 22.0. The number of morpholine rings is 1. The van der Waals surface area contributed by atoms with Gasteiger partial charge in [-0.05, 0) is 55.5 Å². The third-order valence-corrected chi connectivity index (χ3v) is 6.80. The van der Waals surface area contributed by atoms with Gasteiger partial charge in [-0.3, -0.25) is 9.59 Å². The summed E-state index contributed by atoms with van der Waals surface area (Å²) in [4.78, 5) is 36.7. The number of aromatic nitrogens is 3. The topological polar surface area (TPSA) is 101 Å². The minimum Gasteiger partial charge on any atom is -0.378 e. The van der Waals surface area contributed by atoms with E-state index in [1.54, 1.807) is 6.20 Å². The van der Waals surface area contributed by atoms with Gasteiger partial charge in [0.15, 0.2) is 11.5 Å². The summed E-state index contributed by atoms with van der Waals surface area (Å²) in [6.45, 7) is 4.32. The first-order chi connectivity index (χ1) is 19.5. The molecule has 0 unspecified atom stereocenters. The number of ether oxygens (including phenoxy) is 1. The quantitative estimate of drug-likeness (QED) is 0.313. The molecule has 3 heterocycles. The summed E-state index contributed by atoms with van der Waals surface area (Å²) in [5.41, 5.74) is 5.99. The van der Waals surface area contributed by atoms with Gasteiger partial charge in [0, 0.05) is 59.7 Å². The van der Waals surface area contributed by atoms with E-state index in [1.165, 1.54) is 0 Å². The highest BCUT2D eigenvalue weighted by atomic mass is 16.5. The first-order valence-electron chi connectivity index (χ1n) is 13.1. The van der Waals surface area contributed by atoms with Crippen LogP contribution in [0.3, 0.4) is 0 Å². The van der Waals surface area contributed by atoms with Crippen molar-refractivity contribution in [1.29, 1.82) is 0 Å². The van der Waals surface area contributed by atoms with Gasteiger partial charge in [0.1, 0.15) is 0 Å². The third kappa shape index (κ3) is 5.41. The molecule has 2 N–H and O–H groups in total.